The Bertz CT molecular complexity index is 373. The van der Waals surface area contributed by atoms with Crippen molar-refractivity contribution in [3.05, 3.63) is 18.0 Å². The lowest BCUT2D eigenvalue weighted by Gasteiger charge is -2.19. The molecule has 16 heavy (non-hydrogen) atoms. The molecule has 4 nitrogen and oxygen atoms in total. The van der Waals surface area contributed by atoms with Crippen molar-refractivity contribution >= 4 is 0 Å². The lowest BCUT2D eigenvalue weighted by molar-refractivity contribution is 0.261. The molecule has 0 spiro atoms. The van der Waals surface area contributed by atoms with Crippen LogP contribution in [0.1, 0.15) is 31.7 Å². The van der Waals surface area contributed by atoms with Crippen LogP contribution in [0, 0.1) is 11.3 Å². The van der Waals surface area contributed by atoms with Crippen molar-refractivity contribution in [2.75, 3.05) is 6.54 Å². The highest BCUT2D eigenvalue weighted by molar-refractivity contribution is 5.05. The van der Waals surface area contributed by atoms with Crippen LogP contribution in [0.4, 0.5) is 0 Å². The largest absolute Gasteiger partial charge is 0.295 e. The number of nitrogens with zero attached hydrogens (tertiary/aromatic N) is 4. The molecule has 0 unspecified atom stereocenters. The second kappa shape index (κ2) is 5.13. The van der Waals surface area contributed by atoms with Gasteiger partial charge in [-0.05, 0) is 19.8 Å². The molecule has 0 radical (unpaired) electrons. The number of hydrogen-bond acceptors (Lipinski definition) is 3. The lowest BCUT2D eigenvalue weighted by Crippen LogP contribution is -2.26. The van der Waals surface area contributed by atoms with Gasteiger partial charge >= 0.3 is 0 Å². The SMILES string of the molecule is CCn1cc(CN(CCC#N)C2CC2)cn1. The summed E-state index contributed by atoms with van der Waals surface area (Å²) in [5.74, 6) is 0. The van der Waals surface area contributed by atoms with Gasteiger partial charge in [-0.25, -0.2) is 0 Å². The van der Waals surface area contributed by atoms with E-state index >= 15 is 0 Å². The summed E-state index contributed by atoms with van der Waals surface area (Å²) in [4.78, 5) is 2.40. The molecule has 1 saturated carbocycles. The van der Waals surface area contributed by atoms with E-state index in [1.807, 2.05) is 10.9 Å². The summed E-state index contributed by atoms with van der Waals surface area (Å²) in [6.07, 6.45) is 7.23. The van der Waals surface area contributed by atoms with Crippen molar-refractivity contribution in [3.63, 3.8) is 0 Å². The van der Waals surface area contributed by atoms with Crippen LogP contribution in [-0.2, 0) is 13.1 Å². The molecule has 0 atom stereocenters. The molecule has 1 aromatic rings. The molecule has 0 aliphatic heterocycles. The molecule has 0 aromatic carbocycles. The lowest BCUT2D eigenvalue weighted by atomic mass is 10.3. The van der Waals surface area contributed by atoms with Gasteiger partial charge in [-0.1, -0.05) is 0 Å². The third-order valence-electron chi connectivity index (χ3n) is 2.97. The average molecular weight is 218 g/mol. The first-order valence-electron chi connectivity index (χ1n) is 5.95. The minimum Gasteiger partial charge on any atom is -0.295 e. The zero-order valence-electron chi connectivity index (χ0n) is 9.76. The minimum atomic E-state index is 0.623. The van der Waals surface area contributed by atoms with Crippen molar-refractivity contribution in [3.8, 4) is 6.07 Å². The summed E-state index contributed by atoms with van der Waals surface area (Å²) in [5, 5.41) is 12.9. The van der Waals surface area contributed by atoms with E-state index in [2.05, 4.69) is 29.2 Å². The fourth-order valence-corrected chi connectivity index (χ4v) is 1.92. The molecule has 1 aliphatic carbocycles. The van der Waals surface area contributed by atoms with E-state index in [-0.39, 0.29) is 0 Å². The summed E-state index contributed by atoms with van der Waals surface area (Å²) in [7, 11) is 0. The number of nitriles is 1. The average Bonchev–Trinajstić information content (AvgIpc) is 3.05. The summed E-state index contributed by atoms with van der Waals surface area (Å²) < 4.78 is 1.95. The van der Waals surface area contributed by atoms with E-state index in [0.29, 0.717) is 12.5 Å². The highest BCUT2D eigenvalue weighted by Gasteiger charge is 2.28. The standard InChI is InChI=1S/C12H18N4/c1-2-16-10-11(8-14-16)9-15(7-3-6-13)12-4-5-12/h8,10,12H,2-5,7,9H2,1H3. The van der Waals surface area contributed by atoms with E-state index in [1.165, 1.54) is 18.4 Å². The fraction of sp³-hybridized carbons (Fsp3) is 0.667. The third-order valence-corrected chi connectivity index (χ3v) is 2.97. The van der Waals surface area contributed by atoms with Crippen LogP contribution in [-0.4, -0.2) is 27.3 Å². The highest BCUT2D eigenvalue weighted by Crippen LogP contribution is 2.28. The molecule has 86 valence electrons. The van der Waals surface area contributed by atoms with Crippen molar-refractivity contribution in [1.29, 1.82) is 5.26 Å². The Morgan fingerprint density at radius 3 is 3.00 bits per heavy atom. The van der Waals surface area contributed by atoms with E-state index in [9.17, 15) is 0 Å². The minimum absolute atomic E-state index is 0.623. The number of rotatable bonds is 6. The van der Waals surface area contributed by atoms with Crippen molar-refractivity contribution < 1.29 is 0 Å². The maximum Gasteiger partial charge on any atom is 0.0635 e. The van der Waals surface area contributed by atoms with Gasteiger partial charge in [0.15, 0.2) is 0 Å². The zero-order valence-corrected chi connectivity index (χ0v) is 9.76. The van der Waals surface area contributed by atoms with Gasteiger partial charge in [0.25, 0.3) is 0 Å². The quantitative estimate of drug-likeness (QED) is 0.731. The molecule has 4 heteroatoms. The Hall–Kier alpha value is -1.34. The monoisotopic (exact) mass is 218 g/mol. The van der Waals surface area contributed by atoms with Gasteiger partial charge in [-0.2, -0.15) is 10.4 Å². The van der Waals surface area contributed by atoms with Crippen LogP contribution in [0.15, 0.2) is 12.4 Å². The normalized spacial score (nSPS) is 15.3. The van der Waals surface area contributed by atoms with E-state index < -0.39 is 0 Å². The van der Waals surface area contributed by atoms with Gasteiger partial charge < -0.3 is 0 Å². The fourth-order valence-electron chi connectivity index (χ4n) is 1.92. The zero-order chi connectivity index (χ0) is 11.4. The predicted octanol–water partition coefficient (Wildman–Crippen LogP) is 1.78. The molecule has 1 heterocycles. The summed E-state index contributed by atoms with van der Waals surface area (Å²) >= 11 is 0. The van der Waals surface area contributed by atoms with Gasteiger partial charge in [0.1, 0.15) is 0 Å². The Kier molecular flexibility index (Phi) is 3.58. The van der Waals surface area contributed by atoms with Crippen LogP contribution < -0.4 is 0 Å². The van der Waals surface area contributed by atoms with Gasteiger partial charge in [-0.15, -0.1) is 0 Å². The molecule has 1 aromatic heterocycles. The Morgan fingerprint density at radius 1 is 1.62 bits per heavy atom. The van der Waals surface area contributed by atoms with Crippen molar-refractivity contribution in [1.82, 2.24) is 14.7 Å². The number of hydrogen-bond donors (Lipinski definition) is 0. The number of aryl methyl sites for hydroxylation is 1. The van der Waals surface area contributed by atoms with Gasteiger partial charge in [0.05, 0.1) is 12.3 Å². The van der Waals surface area contributed by atoms with Crippen LogP contribution in [0.25, 0.3) is 0 Å². The first kappa shape index (κ1) is 11.2. The molecule has 0 bridgehead atoms. The van der Waals surface area contributed by atoms with Crippen LogP contribution in [0.3, 0.4) is 0 Å². The maximum atomic E-state index is 8.63. The first-order chi connectivity index (χ1) is 7.83. The van der Waals surface area contributed by atoms with E-state index in [1.54, 1.807) is 0 Å². The van der Waals surface area contributed by atoms with Gasteiger partial charge in [0.2, 0.25) is 0 Å². The maximum absolute atomic E-state index is 8.63. The van der Waals surface area contributed by atoms with Crippen LogP contribution in [0.2, 0.25) is 0 Å². The summed E-state index contributed by atoms with van der Waals surface area (Å²) in [6, 6.07) is 2.93. The van der Waals surface area contributed by atoms with Crippen molar-refractivity contribution in [2.45, 2.75) is 45.3 Å². The van der Waals surface area contributed by atoms with Gasteiger partial charge in [0, 0.05) is 43.9 Å². The van der Waals surface area contributed by atoms with E-state index in [4.69, 9.17) is 5.26 Å². The van der Waals surface area contributed by atoms with Crippen LogP contribution in [0.5, 0.6) is 0 Å². The second-order valence-corrected chi connectivity index (χ2v) is 4.31. The Balaban J connectivity index is 1.91. The molecule has 0 saturated heterocycles. The molecule has 1 fully saturated rings. The molecule has 0 N–H and O–H groups in total. The summed E-state index contributed by atoms with van der Waals surface area (Å²) in [6.45, 7) is 4.83. The molecular formula is C12H18N4. The van der Waals surface area contributed by atoms with Gasteiger partial charge in [-0.3, -0.25) is 9.58 Å². The Morgan fingerprint density at radius 2 is 2.44 bits per heavy atom. The molecular weight excluding hydrogens is 200 g/mol. The van der Waals surface area contributed by atoms with Crippen LogP contribution >= 0.6 is 0 Å². The smallest absolute Gasteiger partial charge is 0.0635 e. The van der Waals surface area contributed by atoms with E-state index in [0.717, 1.165) is 19.6 Å². The first-order valence-corrected chi connectivity index (χ1v) is 5.95. The highest BCUT2D eigenvalue weighted by atomic mass is 15.3. The molecule has 1 aliphatic rings. The predicted molar refractivity (Wildman–Crippen MR) is 61.6 cm³/mol. The number of aromatic nitrogens is 2. The topological polar surface area (TPSA) is 44.9 Å². The molecule has 0 amide bonds. The Labute approximate surface area is 96.5 Å². The second-order valence-electron chi connectivity index (χ2n) is 4.31. The molecule has 2 rings (SSSR count). The third kappa shape index (κ3) is 2.83. The summed E-state index contributed by atoms with van der Waals surface area (Å²) in [5.41, 5.74) is 1.26. The van der Waals surface area contributed by atoms with Crippen molar-refractivity contribution in [2.24, 2.45) is 0 Å².